The third kappa shape index (κ3) is 1.08. The number of aliphatic imine (C=N–C) groups is 1. The first-order chi connectivity index (χ1) is 5.83. The van der Waals surface area contributed by atoms with Gasteiger partial charge in [0.25, 0.3) is 0 Å². The molecule has 0 aromatic heterocycles. The fraction of sp³-hybridized carbons (Fsp3) is 0.889. The van der Waals surface area contributed by atoms with Gasteiger partial charge in [-0.15, -0.1) is 0 Å². The maximum absolute atomic E-state index is 4.50. The molecule has 0 aliphatic carbocycles. The fourth-order valence-corrected chi connectivity index (χ4v) is 2.25. The highest BCUT2D eigenvalue weighted by Gasteiger charge is 2.31. The van der Waals surface area contributed by atoms with Crippen molar-refractivity contribution in [2.45, 2.75) is 26.3 Å². The van der Waals surface area contributed by atoms with E-state index in [9.17, 15) is 0 Å². The lowest BCUT2D eigenvalue weighted by Gasteiger charge is -2.35. The van der Waals surface area contributed by atoms with E-state index in [1.165, 1.54) is 6.42 Å². The lowest BCUT2D eigenvalue weighted by atomic mass is 9.97. The largest absolute Gasteiger partial charge is 0.354 e. The lowest BCUT2D eigenvalue weighted by Crippen LogP contribution is -2.46. The Labute approximate surface area is 73.9 Å². The van der Waals surface area contributed by atoms with Gasteiger partial charge in [0, 0.05) is 25.7 Å². The Balaban J connectivity index is 2.17. The highest BCUT2D eigenvalue weighted by atomic mass is 15.4. The van der Waals surface area contributed by atoms with Gasteiger partial charge in [0.1, 0.15) is 0 Å². The number of fused-ring (bicyclic) bond motifs is 1. The van der Waals surface area contributed by atoms with E-state index in [1.54, 1.807) is 0 Å². The number of rotatable bonds is 1. The number of nitrogens with zero attached hydrogens (tertiary/aromatic N) is 2. The Morgan fingerprint density at radius 3 is 3.25 bits per heavy atom. The number of hydrogen-bond donors (Lipinski definition) is 1. The molecule has 3 heteroatoms. The molecule has 2 atom stereocenters. The van der Waals surface area contributed by atoms with Gasteiger partial charge in [-0.1, -0.05) is 13.8 Å². The molecule has 0 bridgehead atoms. The molecule has 1 N–H and O–H groups in total. The van der Waals surface area contributed by atoms with Crippen LogP contribution in [0.1, 0.15) is 20.3 Å². The van der Waals surface area contributed by atoms with Crippen molar-refractivity contribution in [1.82, 2.24) is 10.2 Å². The summed E-state index contributed by atoms with van der Waals surface area (Å²) in [7, 11) is 0. The molecule has 2 unspecified atom stereocenters. The second-order valence-electron chi connectivity index (χ2n) is 3.74. The van der Waals surface area contributed by atoms with Crippen LogP contribution in [-0.4, -0.2) is 36.5 Å². The number of guanidine groups is 1. The SMILES string of the molecule is CCC1C(C)CN=C2NCCN21. The molecule has 2 aliphatic heterocycles. The Morgan fingerprint density at radius 1 is 1.67 bits per heavy atom. The molecule has 1 fully saturated rings. The first kappa shape index (κ1) is 7.90. The average molecular weight is 167 g/mol. The van der Waals surface area contributed by atoms with Gasteiger partial charge in [-0.3, -0.25) is 4.99 Å². The van der Waals surface area contributed by atoms with Crippen LogP contribution in [0.25, 0.3) is 0 Å². The van der Waals surface area contributed by atoms with Gasteiger partial charge >= 0.3 is 0 Å². The highest BCUT2D eigenvalue weighted by molar-refractivity contribution is 5.82. The zero-order chi connectivity index (χ0) is 8.55. The second kappa shape index (κ2) is 2.96. The van der Waals surface area contributed by atoms with Crippen molar-refractivity contribution in [3.8, 4) is 0 Å². The predicted molar refractivity (Wildman–Crippen MR) is 50.3 cm³/mol. The third-order valence-corrected chi connectivity index (χ3v) is 2.91. The van der Waals surface area contributed by atoms with Gasteiger partial charge in [-0.2, -0.15) is 0 Å². The van der Waals surface area contributed by atoms with E-state index >= 15 is 0 Å². The summed E-state index contributed by atoms with van der Waals surface area (Å²) in [5, 5.41) is 3.32. The summed E-state index contributed by atoms with van der Waals surface area (Å²) in [5.74, 6) is 1.86. The maximum Gasteiger partial charge on any atom is 0.194 e. The molecule has 2 heterocycles. The maximum atomic E-state index is 4.50. The predicted octanol–water partition coefficient (Wildman–Crippen LogP) is 0.676. The summed E-state index contributed by atoms with van der Waals surface area (Å²) < 4.78 is 0. The second-order valence-corrected chi connectivity index (χ2v) is 3.74. The Morgan fingerprint density at radius 2 is 2.50 bits per heavy atom. The topological polar surface area (TPSA) is 27.6 Å². The standard InChI is InChI=1S/C9H17N3/c1-3-8-7(2)6-11-9-10-4-5-12(8)9/h7-8H,3-6H2,1-2H3,(H,10,11). The lowest BCUT2D eigenvalue weighted by molar-refractivity contribution is 0.235. The molecule has 0 radical (unpaired) electrons. The van der Waals surface area contributed by atoms with Crippen LogP contribution in [0.5, 0.6) is 0 Å². The van der Waals surface area contributed by atoms with Crippen LogP contribution in [0.15, 0.2) is 4.99 Å². The molecule has 0 aromatic carbocycles. The molecule has 3 nitrogen and oxygen atoms in total. The Hall–Kier alpha value is -0.730. The summed E-state index contributed by atoms with van der Waals surface area (Å²) in [6.07, 6.45) is 1.24. The van der Waals surface area contributed by atoms with Gasteiger partial charge in [0.05, 0.1) is 0 Å². The van der Waals surface area contributed by atoms with Crippen molar-refractivity contribution in [2.75, 3.05) is 19.6 Å². The van der Waals surface area contributed by atoms with E-state index in [-0.39, 0.29) is 0 Å². The summed E-state index contributed by atoms with van der Waals surface area (Å²) in [6.45, 7) is 7.77. The van der Waals surface area contributed by atoms with Crippen LogP contribution < -0.4 is 5.32 Å². The molecule has 0 saturated carbocycles. The smallest absolute Gasteiger partial charge is 0.194 e. The average Bonchev–Trinajstić information content (AvgIpc) is 2.52. The minimum absolute atomic E-state index is 0.715. The fourth-order valence-electron chi connectivity index (χ4n) is 2.25. The van der Waals surface area contributed by atoms with Crippen molar-refractivity contribution < 1.29 is 0 Å². The quantitative estimate of drug-likeness (QED) is 0.622. The molecule has 2 aliphatic rings. The van der Waals surface area contributed by atoms with Gasteiger partial charge < -0.3 is 10.2 Å². The minimum atomic E-state index is 0.715. The molecular formula is C9H17N3. The van der Waals surface area contributed by atoms with Gasteiger partial charge in [0.2, 0.25) is 0 Å². The number of nitrogens with one attached hydrogen (secondary N) is 1. The van der Waals surface area contributed by atoms with E-state index < -0.39 is 0 Å². The first-order valence-corrected chi connectivity index (χ1v) is 4.88. The summed E-state index contributed by atoms with van der Waals surface area (Å²) in [4.78, 5) is 6.93. The van der Waals surface area contributed by atoms with Crippen molar-refractivity contribution >= 4 is 5.96 Å². The number of hydrogen-bond acceptors (Lipinski definition) is 3. The highest BCUT2D eigenvalue weighted by Crippen LogP contribution is 2.21. The first-order valence-electron chi connectivity index (χ1n) is 4.88. The molecule has 1 saturated heterocycles. The molecular weight excluding hydrogens is 150 g/mol. The van der Waals surface area contributed by atoms with E-state index in [0.717, 1.165) is 31.5 Å². The molecule has 68 valence electrons. The van der Waals surface area contributed by atoms with Gasteiger partial charge in [-0.05, 0) is 12.3 Å². The summed E-state index contributed by atoms with van der Waals surface area (Å²) in [6, 6.07) is 0.715. The Bertz CT molecular complexity index is 200. The molecule has 0 amide bonds. The van der Waals surface area contributed by atoms with Crippen LogP contribution in [0.3, 0.4) is 0 Å². The van der Waals surface area contributed by atoms with Crippen LogP contribution in [0.4, 0.5) is 0 Å². The zero-order valence-electron chi connectivity index (χ0n) is 7.88. The van der Waals surface area contributed by atoms with Crippen LogP contribution in [0.2, 0.25) is 0 Å². The normalized spacial score (nSPS) is 34.2. The molecule has 2 rings (SSSR count). The van der Waals surface area contributed by atoms with E-state index in [4.69, 9.17) is 0 Å². The van der Waals surface area contributed by atoms with E-state index in [1.807, 2.05) is 0 Å². The van der Waals surface area contributed by atoms with Gasteiger partial charge in [-0.25, -0.2) is 0 Å². The monoisotopic (exact) mass is 167 g/mol. The summed E-state index contributed by atoms with van der Waals surface area (Å²) >= 11 is 0. The van der Waals surface area contributed by atoms with Crippen molar-refractivity contribution in [2.24, 2.45) is 10.9 Å². The third-order valence-electron chi connectivity index (χ3n) is 2.91. The van der Waals surface area contributed by atoms with E-state index in [2.05, 4.69) is 29.1 Å². The van der Waals surface area contributed by atoms with Crippen molar-refractivity contribution in [1.29, 1.82) is 0 Å². The van der Waals surface area contributed by atoms with Gasteiger partial charge in [0.15, 0.2) is 5.96 Å². The van der Waals surface area contributed by atoms with Crippen LogP contribution >= 0.6 is 0 Å². The summed E-state index contributed by atoms with van der Waals surface area (Å²) in [5.41, 5.74) is 0. The van der Waals surface area contributed by atoms with E-state index in [0.29, 0.717) is 6.04 Å². The molecule has 12 heavy (non-hydrogen) atoms. The van der Waals surface area contributed by atoms with Crippen molar-refractivity contribution in [3.63, 3.8) is 0 Å². The van der Waals surface area contributed by atoms with Crippen molar-refractivity contribution in [3.05, 3.63) is 0 Å². The zero-order valence-corrected chi connectivity index (χ0v) is 7.88. The molecule has 0 spiro atoms. The minimum Gasteiger partial charge on any atom is -0.354 e. The Kier molecular flexibility index (Phi) is 1.95. The van der Waals surface area contributed by atoms with Crippen LogP contribution in [0, 0.1) is 5.92 Å². The van der Waals surface area contributed by atoms with Crippen LogP contribution in [-0.2, 0) is 0 Å². The molecule has 0 aromatic rings.